The lowest BCUT2D eigenvalue weighted by atomic mass is 10.0. The number of hydrogen-bond donors (Lipinski definition) is 2. The molecule has 16 heavy (non-hydrogen) atoms. The molecular weight excluding hydrogens is 208 g/mol. The second-order valence-corrected chi connectivity index (χ2v) is 4.00. The van der Waals surface area contributed by atoms with Gasteiger partial charge in [-0.05, 0) is 24.8 Å². The third-order valence-corrected chi connectivity index (χ3v) is 2.72. The van der Waals surface area contributed by atoms with E-state index in [9.17, 15) is 4.79 Å². The maximum atomic E-state index is 11.6. The van der Waals surface area contributed by atoms with Crippen LogP contribution in [0.2, 0.25) is 0 Å². The Kier molecular flexibility index (Phi) is 3.46. The number of nitrogen functional groups attached to an aromatic ring is 1. The summed E-state index contributed by atoms with van der Waals surface area (Å²) in [7, 11) is 0. The van der Waals surface area contributed by atoms with Crippen LogP contribution < -0.4 is 5.73 Å². The standard InChI is InChI=1S/C11H16N2O3/c12-9-5-10(13-6-9)11(14)16-7-8-1-3-15-4-2-8/h5-6,8,13H,1-4,7,12H2. The highest BCUT2D eigenvalue weighted by Crippen LogP contribution is 2.15. The highest BCUT2D eigenvalue weighted by Gasteiger charge is 2.17. The van der Waals surface area contributed by atoms with Crippen LogP contribution in [0.25, 0.3) is 0 Å². The van der Waals surface area contributed by atoms with E-state index in [1.165, 1.54) is 0 Å². The van der Waals surface area contributed by atoms with Gasteiger partial charge in [0, 0.05) is 19.4 Å². The van der Waals surface area contributed by atoms with Gasteiger partial charge >= 0.3 is 5.97 Å². The van der Waals surface area contributed by atoms with E-state index < -0.39 is 0 Å². The first kappa shape index (κ1) is 11.0. The van der Waals surface area contributed by atoms with Gasteiger partial charge in [0.2, 0.25) is 0 Å². The molecule has 0 bridgehead atoms. The molecule has 1 fully saturated rings. The van der Waals surface area contributed by atoms with Gasteiger partial charge in [-0.2, -0.15) is 0 Å². The number of esters is 1. The van der Waals surface area contributed by atoms with Crippen molar-refractivity contribution in [1.82, 2.24) is 4.98 Å². The molecule has 0 amide bonds. The fourth-order valence-corrected chi connectivity index (χ4v) is 1.71. The topological polar surface area (TPSA) is 77.3 Å². The Hall–Kier alpha value is -1.49. The smallest absolute Gasteiger partial charge is 0.354 e. The molecule has 0 spiro atoms. The molecule has 88 valence electrons. The van der Waals surface area contributed by atoms with Crippen molar-refractivity contribution in [3.8, 4) is 0 Å². The molecule has 1 aliphatic rings. The molecule has 0 saturated carbocycles. The van der Waals surface area contributed by atoms with Gasteiger partial charge in [0.25, 0.3) is 0 Å². The third kappa shape index (κ3) is 2.76. The van der Waals surface area contributed by atoms with E-state index in [1.54, 1.807) is 12.3 Å². The fourth-order valence-electron chi connectivity index (χ4n) is 1.71. The van der Waals surface area contributed by atoms with Crippen LogP contribution in [0.1, 0.15) is 23.3 Å². The summed E-state index contributed by atoms with van der Waals surface area (Å²) in [5.74, 6) is 0.0770. The maximum absolute atomic E-state index is 11.6. The van der Waals surface area contributed by atoms with Crippen molar-refractivity contribution in [2.24, 2.45) is 5.92 Å². The van der Waals surface area contributed by atoms with Crippen LogP contribution in [0.4, 0.5) is 5.69 Å². The van der Waals surface area contributed by atoms with Crippen LogP contribution in [0.15, 0.2) is 12.3 Å². The predicted octanol–water partition coefficient (Wildman–Crippen LogP) is 1.18. The van der Waals surface area contributed by atoms with Crippen LogP contribution >= 0.6 is 0 Å². The summed E-state index contributed by atoms with van der Waals surface area (Å²) in [4.78, 5) is 14.3. The van der Waals surface area contributed by atoms with Crippen LogP contribution in [0.5, 0.6) is 0 Å². The summed E-state index contributed by atoms with van der Waals surface area (Å²) in [6, 6.07) is 1.58. The maximum Gasteiger partial charge on any atom is 0.354 e. The summed E-state index contributed by atoms with van der Waals surface area (Å²) in [6.45, 7) is 1.98. The SMILES string of the molecule is Nc1c[nH]c(C(=O)OCC2CCOCC2)c1. The zero-order chi connectivity index (χ0) is 11.4. The minimum atomic E-state index is -0.344. The zero-order valence-electron chi connectivity index (χ0n) is 9.07. The Bertz CT molecular complexity index is 356. The molecule has 0 unspecified atom stereocenters. The molecule has 1 aromatic heterocycles. The lowest BCUT2D eigenvalue weighted by Crippen LogP contribution is -2.22. The van der Waals surface area contributed by atoms with Crippen molar-refractivity contribution in [3.05, 3.63) is 18.0 Å². The molecule has 1 aromatic rings. The summed E-state index contributed by atoms with van der Waals surface area (Å²) >= 11 is 0. The third-order valence-electron chi connectivity index (χ3n) is 2.72. The number of nitrogens with one attached hydrogen (secondary N) is 1. The molecule has 2 rings (SSSR count). The number of anilines is 1. The molecule has 5 nitrogen and oxygen atoms in total. The second-order valence-electron chi connectivity index (χ2n) is 4.00. The number of ether oxygens (including phenoxy) is 2. The molecule has 1 saturated heterocycles. The van der Waals surface area contributed by atoms with Crippen LogP contribution in [0, 0.1) is 5.92 Å². The average molecular weight is 224 g/mol. The summed E-state index contributed by atoms with van der Waals surface area (Å²) in [5.41, 5.74) is 6.45. The Morgan fingerprint density at radius 3 is 2.94 bits per heavy atom. The fraction of sp³-hybridized carbons (Fsp3) is 0.545. The minimum Gasteiger partial charge on any atom is -0.461 e. The highest BCUT2D eigenvalue weighted by atomic mass is 16.5. The molecule has 2 heterocycles. The average Bonchev–Trinajstić information content (AvgIpc) is 2.74. The van der Waals surface area contributed by atoms with Gasteiger partial charge < -0.3 is 20.2 Å². The van der Waals surface area contributed by atoms with Crippen molar-refractivity contribution >= 4 is 11.7 Å². The molecule has 0 aromatic carbocycles. The van der Waals surface area contributed by atoms with E-state index in [4.69, 9.17) is 15.2 Å². The van der Waals surface area contributed by atoms with Crippen molar-refractivity contribution < 1.29 is 14.3 Å². The van der Waals surface area contributed by atoms with Crippen LogP contribution in [-0.4, -0.2) is 30.8 Å². The molecule has 0 radical (unpaired) electrons. The van der Waals surface area contributed by atoms with Gasteiger partial charge in [-0.1, -0.05) is 0 Å². The number of hydrogen-bond acceptors (Lipinski definition) is 4. The van der Waals surface area contributed by atoms with Crippen LogP contribution in [0.3, 0.4) is 0 Å². The second kappa shape index (κ2) is 5.03. The van der Waals surface area contributed by atoms with Gasteiger partial charge in [-0.25, -0.2) is 4.79 Å². The summed E-state index contributed by atoms with van der Waals surface area (Å²) in [5, 5.41) is 0. The largest absolute Gasteiger partial charge is 0.461 e. The van der Waals surface area contributed by atoms with Crippen molar-refractivity contribution in [1.29, 1.82) is 0 Å². The van der Waals surface area contributed by atoms with Gasteiger partial charge in [-0.3, -0.25) is 0 Å². The summed E-state index contributed by atoms with van der Waals surface area (Å²) < 4.78 is 10.4. The predicted molar refractivity (Wildman–Crippen MR) is 59.0 cm³/mol. The van der Waals surface area contributed by atoms with Crippen molar-refractivity contribution in [2.75, 3.05) is 25.6 Å². The van der Waals surface area contributed by atoms with Gasteiger partial charge in [0.05, 0.1) is 12.3 Å². The monoisotopic (exact) mass is 224 g/mol. The first-order valence-corrected chi connectivity index (χ1v) is 5.44. The number of aromatic nitrogens is 1. The zero-order valence-corrected chi connectivity index (χ0v) is 9.07. The lowest BCUT2D eigenvalue weighted by molar-refractivity contribution is 0.0182. The van der Waals surface area contributed by atoms with E-state index in [-0.39, 0.29) is 5.97 Å². The van der Waals surface area contributed by atoms with E-state index in [0.29, 0.717) is 23.9 Å². The van der Waals surface area contributed by atoms with E-state index >= 15 is 0 Å². The van der Waals surface area contributed by atoms with Crippen molar-refractivity contribution in [2.45, 2.75) is 12.8 Å². The lowest BCUT2D eigenvalue weighted by Gasteiger charge is -2.21. The molecule has 0 aliphatic carbocycles. The molecule has 3 N–H and O–H groups in total. The molecular formula is C11H16N2O3. The van der Waals surface area contributed by atoms with Gasteiger partial charge in [0.1, 0.15) is 5.69 Å². The normalized spacial score (nSPS) is 17.2. The quantitative estimate of drug-likeness (QED) is 0.756. The first-order valence-electron chi connectivity index (χ1n) is 5.44. The number of aromatic amines is 1. The van der Waals surface area contributed by atoms with E-state index in [0.717, 1.165) is 26.1 Å². The Balaban J connectivity index is 1.79. The summed E-state index contributed by atoms with van der Waals surface area (Å²) in [6.07, 6.45) is 3.49. The molecule has 5 heteroatoms. The minimum absolute atomic E-state index is 0.344. The van der Waals surface area contributed by atoms with Crippen molar-refractivity contribution in [3.63, 3.8) is 0 Å². The van der Waals surface area contributed by atoms with E-state index in [2.05, 4.69) is 4.98 Å². The Labute approximate surface area is 93.9 Å². The molecule has 0 atom stereocenters. The Morgan fingerprint density at radius 2 is 2.31 bits per heavy atom. The molecule has 1 aliphatic heterocycles. The number of carbonyl (C=O) groups is 1. The number of rotatable bonds is 3. The van der Waals surface area contributed by atoms with E-state index in [1.807, 2.05) is 0 Å². The highest BCUT2D eigenvalue weighted by molar-refractivity contribution is 5.88. The number of carbonyl (C=O) groups excluding carboxylic acids is 1. The van der Waals surface area contributed by atoms with Crippen LogP contribution in [-0.2, 0) is 9.47 Å². The number of H-pyrrole nitrogens is 1. The van der Waals surface area contributed by atoms with Gasteiger partial charge in [-0.15, -0.1) is 0 Å². The van der Waals surface area contributed by atoms with Gasteiger partial charge in [0.15, 0.2) is 0 Å². The number of nitrogens with two attached hydrogens (primary N) is 1. The first-order chi connectivity index (χ1) is 7.75. The Morgan fingerprint density at radius 1 is 1.56 bits per heavy atom.